The maximum atomic E-state index is 13.1. The molecule has 4 heteroatoms. The number of carbonyl (C=O) groups excluding carboxylic acids is 1. The van der Waals surface area contributed by atoms with Gasteiger partial charge in [0.1, 0.15) is 5.82 Å². The molecule has 0 spiro atoms. The Morgan fingerprint density at radius 2 is 1.76 bits per heavy atom. The third-order valence-corrected chi connectivity index (χ3v) is 5.58. The highest BCUT2D eigenvalue weighted by Gasteiger charge is 2.34. The van der Waals surface area contributed by atoms with Crippen LogP contribution in [0.2, 0.25) is 0 Å². The van der Waals surface area contributed by atoms with Crippen molar-refractivity contribution in [3.63, 3.8) is 0 Å². The molecule has 1 heterocycles. The number of amides is 1. The number of carbonyl (C=O) groups is 1. The fraction of sp³-hybridized carbons (Fsp3) is 0.381. The molecule has 1 fully saturated rings. The lowest BCUT2D eigenvalue weighted by Gasteiger charge is -2.25. The molecule has 2 aliphatic rings. The third-order valence-electron chi connectivity index (χ3n) is 5.58. The summed E-state index contributed by atoms with van der Waals surface area (Å²) in [5.41, 5.74) is 10.9. The van der Waals surface area contributed by atoms with Crippen molar-refractivity contribution < 1.29 is 9.18 Å². The predicted molar refractivity (Wildman–Crippen MR) is 96.7 cm³/mol. The topological polar surface area (TPSA) is 46.3 Å². The highest BCUT2D eigenvalue weighted by atomic mass is 19.1. The average molecular weight is 338 g/mol. The monoisotopic (exact) mass is 338 g/mol. The largest absolute Gasteiger partial charge is 0.341 e. The molecule has 0 radical (unpaired) electrons. The highest BCUT2D eigenvalue weighted by Crippen LogP contribution is 2.37. The van der Waals surface area contributed by atoms with E-state index in [1.165, 1.54) is 23.3 Å². The normalized spacial score (nSPS) is 20.6. The van der Waals surface area contributed by atoms with Gasteiger partial charge in [-0.15, -0.1) is 0 Å². The molecule has 1 saturated heterocycles. The molecule has 4 rings (SSSR count). The molecule has 0 saturated carbocycles. The Morgan fingerprint density at radius 3 is 2.48 bits per heavy atom. The number of fused-ring (bicyclic) bond motifs is 1. The van der Waals surface area contributed by atoms with Gasteiger partial charge in [-0.1, -0.05) is 30.3 Å². The summed E-state index contributed by atoms with van der Waals surface area (Å²) in [7, 11) is 0. The molecule has 1 aliphatic heterocycles. The van der Waals surface area contributed by atoms with Crippen LogP contribution in [0.1, 0.15) is 36.3 Å². The molecule has 3 nitrogen and oxygen atoms in total. The van der Waals surface area contributed by atoms with Gasteiger partial charge in [0.05, 0.1) is 6.04 Å². The van der Waals surface area contributed by atoms with Gasteiger partial charge in [0, 0.05) is 19.0 Å². The summed E-state index contributed by atoms with van der Waals surface area (Å²) in [6, 6.07) is 12.4. The van der Waals surface area contributed by atoms with Gasteiger partial charge in [-0.3, -0.25) is 4.79 Å². The Hall–Kier alpha value is -2.20. The van der Waals surface area contributed by atoms with E-state index < -0.39 is 6.04 Å². The fourth-order valence-corrected chi connectivity index (χ4v) is 4.17. The van der Waals surface area contributed by atoms with Crippen LogP contribution in [-0.4, -0.2) is 29.9 Å². The molecule has 2 atom stereocenters. The Balaban J connectivity index is 1.56. The number of halogens is 1. The summed E-state index contributed by atoms with van der Waals surface area (Å²) in [5.74, 6) is -0.0281. The van der Waals surface area contributed by atoms with E-state index in [2.05, 4.69) is 18.2 Å². The van der Waals surface area contributed by atoms with Crippen molar-refractivity contribution in [3.8, 4) is 11.1 Å². The number of likely N-dealkylation sites (tertiary alicyclic amines) is 1. The number of aryl methyl sites for hydroxylation is 1. The van der Waals surface area contributed by atoms with Crippen LogP contribution in [0.15, 0.2) is 42.5 Å². The molecule has 0 aromatic heterocycles. The van der Waals surface area contributed by atoms with Crippen LogP contribution in [0.4, 0.5) is 4.39 Å². The van der Waals surface area contributed by atoms with Crippen molar-refractivity contribution in [2.24, 2.45) is 5.73 Å². The van der Waals surface area contributed by atoms with Crippen molar-refractivity contribution in [1.82, 2.24) is 4.90 Å². The number of nitrogens with two attached hydrogens (primary N) is 1. The minimum absolute atomic E-state index is 0.0953. The van der Waals surface area contributed by atoms with E-state index in [0.717, 1.165) is 49.9 Å². The van der Waals surface area contributed by atoms with E-state index in [4.69, 9.17) is 5.73 Å². The zero-order valence-corrected chi connectivity index (χ0v) is 14.2. The first-order valence-electron chi connectivity index (χ1n) is 9.06. The summed E-state index contributed by atoms with van der Waals surface area (Å²) in [4.78, 5) is 14.5. The van der Waals surface area contributed by atoms with Crippen molar-refractivity contribution in [3.05, 3.63) is 59.4 Å². The minimum Gasteiger partial charge on any atom is -0.341 e. The standard InChI is InChI=1S/C21H23FN2O/c22-17-7-3-14(4-8-17)15-5-9-18-16(13-15)6-10-19(18)20(23)21(25)24-11-1-2-12-24/h3-5,7-9,13,19-20H,1-2,6,10-12,23H2/t19-,20-/m0/s1. The SMILES string of the molecule is N[C@H](C(=O)N1CCCC1)[C@H]1CCc2cc(-c3ccc(F)cc3)ccc21. The van der Waals surface area contributed by atoms with Gasteiger partial charge in [-0.25, -0.2) is 4.39 Å². The Bertz CT molecular complexity index is 781. The van der Waals surface area contributed by atoms with E-state index in [-0.39, 0.29) is 17.6 Å². The first-order valence-corrected chi connectivity index (χ1v) is 9.06. The molecule has 1 aliphatic carbocycles. The molecule has 2 aromatic carbocycles. The second-order valence-corrected chi connectivity index (χ2v) is 7.12. The molecule has 1 amide bonds. The van der Waals surface area contributed by atoms with Crippen molar-refractivity contribution in [2.75, 3.05) is 13.1 Å². The number of benzene rings is 2. The number of nitrogens with zero attached hydrogens (tertiary/aromatic N) is 1. The van der Waals surface area contributed by atoms with Crippen LogP contribution in [0.5, 0.6) is 0 Å². The van der Waals surface area contributed by atoms with Gasteiger partial charge in [0.15, 0.2) is 0 Å². The van der Waals surface area contributed by atoms with E-state index >= 15 is 0 Å². The number of hydrogen-bond donors (Lipinski definition) is 1. The van der Waals surface area contributed by atoms with Gasteiger partial charge in [-0.2, -0.15) is 0 Å². The molecular formula is C21H23FN2O. The second kappa shape index (κ2) is 6.60. The van der Waals surface area contributed by atoms with Gasteiger partial charge in [0.25, 0.3) is 0 Å². The zero-order valence-electron chi connectivity index (χ0n) is 14.2. The maximum absolute atomic E-state index is 13.1. The smallest absolute Gasteiger partial charge is 0.240 e. The van der Waals surface area contributed by atoms with E-state index in [1.807, 2.05) is 4.90 Å². The lowest BCUT2D eigenvalue weighted by Crippen LogP contribution is -2.45. The molecule has 25 heavy (non-hydrogen) atoms. The average Bonchev–Trinajstić information content (AvgIpc) is 3.30. The third kappa shape index (κ3) is 3.07. The molecular weight excluding hydrogens is 315 g/mol. The number of hydrogen-bond acceptors (Lipinski definition) is 2. The van der Waals surface area contributed by atoms with Gasteiger partial charge in [-0.05, 0) is 60.1 Å². The molecule has 2 N–H and O–H groups in total. The summed E-state index contributed by atoms with van der Waals surface area (Å²) in [6.45, 7) is 1.69. The maximum Gasteiger partial charge on any atom is 0.240 e. The summed E-state index contributed by atoms with van der Waals surface area (Å²) in [5, 5.41) is 0. The summed E-state index contributed by atoms with van der Waals surface area (Å²) in [6.07, 6.45) is 4.03. The molecule has 2 aromatic rings. The highest BCUT2D eigenvalue weighted by molar-refractivity contribution is 5.83. The summed E-state index contributed by atoms with van der Waals surface area (Å²) < 4.78 is 13.1. The second-order valence-electron chi connectivity index (χ2n) is 7.12. The summed E-state index contributed by atoms with van der Waals surface area (Å²) >= 11 is 0. The lowest BCUT2D eigenvalue weighted by atomic mass is 9.91. The minimum atomic E-state index is -0.448. The Kier molecular flexibility index (Phi) is 4.30. The van der Waals surface area contributed by atoms with Crippen molar-refractivity contribution >= 4 is 5.91 Å². The fourth-order valence-electron chi connectivity index (χ4n) is 4.17. The number of rotatable bonds is 3. The molecule has 130 valence electrons. The predicted octanol–water partition coefficient (Wildman–Crippen LogP) is 3.47. The lowest BCUT2D eigenvalue weighted by molar-refractivity contribution is -0.132. The zero-order chi connectivity index (χ0) is 17.4. The van der Waals surface area contributed by atoms with Crippen LogP contribution >= 0.6 is 0 Å². The van der Waals surface area contributed by atoms with E-state index in [0.29, 0.717) is 0 Å². The van der Waals surface area contributed by atoms with Crippen LogP contribution in [0, 0.1) is 5.82 Å². The van der Waals surface area contributed by atoms with Gasteiger partial charge in [0.2, 0.25) is 5.91 Å². The molecule has 0 unspecified atom stereocenters. The van der Waals surface area contributed by atoms with E-state index in [1.54, 1.807) is 12.1 Å². The van der Waals surface area contributed by atoms with Crippen LogP contribution in [-0.2, 0) is 11.2 Å². The van der Waals surface area contributed by atoms with Crippen molar-refractivity contribution in [1.29, 1.82) is 0 Å². The Morgan fingerprint density at radius 1 is 1.08 bits per heavy atom. The quantitative estimate of drug-likeness (QED) is 0.931. The van der Waals surface area contributed by atoms with E-state index in [9.17, 15) is 9.18 Å². The molecule has 0 bridgehead atoms. The first-order chi connectivity index (χ1) is 12.1. The van der Waals surface area contributed by atoms with Crippen molar-refractivity contribution in [2.45, 2.75) is 37.6 Å². The van der Waals surface area contributed by atoms with Gasteiger partial charge < -0.3 is 10.6 Å². The Labute approximate surface area is 147 Å². The first kappa shape index (κ1) is 16.3. The van der Waals surface area contributed by atoms with Crippen LogP contribution in [0.25, 0.3) is 11.1 Å². The van der Waals surface area contributed by atoms with Crippen LogP contribution in [0.3, 0.4) is 0 Å². The van der Waals surface area contributed by atoms with Crippen LogP contribution < -0.4 is 5.73 Å². The van der Waals surface area contributed by atoms with Gasteiger partial charge >= 0.3 is 0 Å².